The van der Waals surface area contributed by atoms with Gasteiger partial charge in [-0.25, -0.2) is 9.48 Å². The zero-order chi connectivity index (χ0) is 14.2. The van der Waals surface area contributed by atoms with Gasteiger partial charge in [0.05, 0.1) is 11.4 Å². The monoisotopic (exact) mass is 259 g/mol. The summed E-state index contributed by atoms with van der Waals surface area (Å²) in [5.41, 5.74) is 3.66. The topological polar surface area (TPSA) is 68.0 Å². The molecule has 1 aromatic heterocycles. The Morgan fingerprint density at radius 3 is 2.58 bits per heavy atom. The molecule has 2 rings (SSSR count). The highest BCUT2D eigenvalue weighted by Crippen LogP contribution is 2.24. The van der Waals surface area contributed by atoms with Crippen molar-refractivity contribution < 1.29 is 9.90 Å². The van der Waals surface area contributed by atoms with Gasteiger partial charge in [0, 0.05) is 0 Å². The van der Waals surface area contributed by atoms with Crippen LogP contribution >= 0.6 is 0 Å². The molecule has 5 nitrogen and oxygen atoms in total. The molecular weight excluding hydrogens is 242 g/mol. The van der Waals surface area contributed by atoms with E-state index in [-0.39, 0.29) is 11.6 Å². The molecule has 0 aliphatic heterocycles. The van der Waals surface area contributed by atoms with E-state index in [4.69, 9.17) is 0 Å². The lowest BCUT2D eigenvalue weighted by Crippen LogP contribution is -2.09. The van der Waals surface area contributed by atoms with Crippen molar-refractivity contribution in [3.8, 4) is 5.69 Å². The molecule has 1 N–H and O–H groups in total. The number of benzene rings is 1. The summed E-state index contributed by atoms with van der Waals surface area (Å²) in [6.45, 7) is 7.84. The largest absolute Gasteiger partial charge is 0.476 e. The molecule has 0 saturated carbocycles. The van der Waals surface area contributed by atoms with Crippen LogP contribution in [0.5, 0.6) is 0 Å². The Hall–Kier alpha value is -2.17. The second kappa shape index (κ2) is 4.84. The molecule has 1 aromatic carbocycles. The summed E-state index contributed by atoms with van der Waals surface area (Å²) in [5.74, 6) is -1.01. The average Bonchev–Trinajstić information content (AvgIpc) is 2.76. The minimum Gasteiger partial charge on any atom is -0.476 e. The maximum Gasteiger partial charge on any atom is 0.358 e. The van der Waals surface area contributed by atoms with Crippen molar-refractivity contribution in [1.29, 1.82) is 0 Å². The average molecular weight is 259 g/mol. The Balaban J connectivity index is 2.69. The van der Waals surface area contributed by atoms with Gasteiger partial charge in [0.15, 0.2) is 5.69 Å². The smallest absolute Gasteiger partial charge is 0.358 e. The lowest BCUT2D eigenvalue weighted by molar-refractivity contribution is 0.0688. The van der Waals surface area contributed by atoms with Gasteiger partial charge in [-0.15, -0.1) is 5.10 Å². The van der Waals surface area contributed by atoms with Gasteiger partial charge in [0.1, 0.15) is 0 Å². The maximum atomic E-state index is 11.2. The highest BCUT2D eigenvalue weighted by atomic mass is 16.4. The molecule has 100 valence electrons. The fourth-order valence-corrected chi connectivity index (χ4v) is 2.09. The first-order valence-electron chi connectivity index (χ1n) is 6.18. The van der Waals surface area contributed by atoms with Crippen LogP contribution in [0.1, 0.15) is 47.1 Å². The fourth-order valence-electron chi connectivity index (χ4n) is 2.09. The van der Waals surface area contributed by atoms with Crippen molar-refractivity contribution >= 4 is 5.97 Å². The molecule has 0 radical (unpaired) electrons. The highest BCUT2D eigenvalue weighted by Gasteiger charge is 2.22. The number of hydrogen-bond acceptors (Lipinski definition) is 3. The Morgan fingerprint density at radius 1 is 1.32 bits per heavy atom. The van der Waals surface area contributed by atoms with E-state index in [1.165, 1.54) is 0 Å². The number of nitrogens with zero attached hydrogens (tertiary/aromatic N) is 3. The molecule has 19 heavy (non-hydrogen) atoms. The predicted molar refractivity (Wildman–Crippen MR) is 71.9 cm³/mol. The molecular formula is C14H17N3O2. The van der Waals surface area contributed by atoms with E-state index in [0.717, 1.165) is 16.8 Å². The van der Waals surface area contributed by atoms with E-state index in [1.807, 2.05) is 45.9 Å². The quantitative estimate of drug-likeness (QED) is 0.920. The summed E-state index contributed by atoms with van der Waals surface area (Å²) < 4.78 is 1.64. The van der Waals surface area contributed by atoms with E-state index in [0.29, 0.717) is 5.69 Å². The number of hydrogen-bond donors (Lipinski definition) is 1. The van der Waals surface area contributed by atoms with Gasteiger partial charge >= 0.3 is 5.97 Å². The van der Waals surface area contributed by atoms with Crippen LogP contribution in [-0.4, -0.2) is 26.1 Å². The van der Waals surface area contributed by atoms with Crippen LogP contribution in [0.3, 0.4) is 0 Å². The SMILES string of the molecule is Cc1ccc(C)c(-n2nnc(C(=O)O)c2C(C)C)c1. The zero-order valence-corrected chi connectivity index (χ0v) is 11.5. The van der Waals surface area contributed by atoms with Gasteiger partial charge < -0.3 is 5.11 Å². The lowest BCUT2D eigenvalue weighted by Gasteiger charge is -2.12. The van der Waals surface area contributed by atoms with E-state index >= 15 is 0 Å². The van der Waals surface area contributed by atoms with Crippen LogP contribution in [-0.2, 0) is 0 Å². The molecule has 1 heterocycles. The standard InChI is InChI=1S/C14H17N3O2/c1-8(2)13-12(14(18)19)15-16-17(13)11-7-9(3)5-6-10(11)4/h5-8H,1-4H3,(H,18,19). The summed E-state index contributed by atoms with van der Waals surface area (Å²) in [6, 6.07) is 6.00. The van der Waals surface area contributed by atoms with Gasteiger partial charge in [-0.1, -0.05) is 31.2 Å². The van der Waals surface area contributed by atoms with E-state index in [9.17, 15) is 9.90 Å². The van der Waals surface area contributed by atoms with Gasteiger partial charge in [-0.3, -0.25) is 0 Å². The molecule has 0 atom stereocenters. The third-order valence-electron chi connectivity index (χ3n) is 3.05. The Labute approximate surface area is 111 Å². The van der Waals surface area contributed by atoms with Crippen molar-refractivity contribution in [2.24, 2.45) is 0 Å². The first-order chi connectivity index (χ1) is 8.91. The normalized spacial score (nSPS) is 11.0. The van der Waals surface area contributed by atoms with Crippen LogP contribution < -0.4 is 0 Å². The number of aryl methyl sites for hydroxylation is 2. The van der Waals surface area contributed by atoms with Crippen LogP contribution in [0.25, 0.3) is 5.69 Å². The van der Waals surface area contributed by atoms with Crippen LogP contribution in [0.2, 0.25) is 0 Å². The third kappa shape index (κ3) is 2.36. The minimum atomic E-state index is -1.04. The Kier molecular flexibility index (Phi) is 3.38. The molecule has 0 bridgehead atoms. The fraction of sp³-hybridized carbons (Fsp3) is 0.357. The predicted octanol–water partition coefficient (Wildman–Crippen LogP) is 2.71. The Morgan fingerprint density at radius 2 is 2.00 bits per heavy atom. The summed E-state index contributed by atoms with van der Waals surface area (Å²) in [6.07, 6.45) is 0. The minimum absolute atomic E-state index is 0.0240. The summed E-state index contributed by atoms with van der Waals surface area (Å²) in [5, 5.41) is 17.0. The van der Waals surface area contributed by atoms with Gasteiger partial charge in [-0.2, -0.15) is 0 Å². The highest BCUT2D eigenvalue weighted by molar-refractivity contribution is 5.86. The van der Waals surface area contributed by atoms with Crippen LogP contribution in [0.15, 0.2) is 18.2 Å². The molecule has 0 aliphatic carbocycles. The van der Waals surface area contributed by atoms with Crippen molar-refractivity contribution in [3.05, 3.63) is 40.7 Å². The third-order valence-corrected chi connectivity index (χ3v) is 3.05. The van der Waals surface area contributed by atoms with E-state index in [1.54, 1.807) is 4.68 Å². The first-order valence-corrected chi connectivity index (χ1v) is 6.18. The first kappa shape index (κ1) is 13.3. The van der Waals surface area contributed by atoms with Crippen molar-refractivity contribution in [3.63, 3.8) is 0 Å². The van der Waals surface area contributed by atoms with Crippen LogP contribution in [0.4, 0.5) is 0 Å². The number of rotatable bonds is 3. The van der Waals surface area contributed by atoms with E-state index in [2.05, 4.69) is 10.3 Å². The molecule has 2 aromatic rings. The molecule has 0 saturated heterocycles. The number of aromatic carboxylic acids is 1. The van der Waals surface area contributed by atoms with Gasteiger partial charge in [0.2, 0.25) is 0 Å². The van der Waals surface area contributed by atoms with Crippen molar-refractivity contribution in [2.75, 3.05) is 0 Å². The Bertz CT molecular complexity index is 630. The molecule has 0 spiro atoms. The van der Waals surface area contributed by atoms with Crippen molar-refractivity contribution in [1.82, 2.24) is 15.0 Å². The summed E-state index contributed by atoms with van der Waals surface area (Å²) >= 11 is 0. The number of carboxylic acids is 1. The second-order valence-electron chi connectivity index (χ2n) is 4.98. The van der Waals surface area contributed by atoms with E-state index < -0.39 is 5.97 Å². The number of aromatic nitrogens is 3. The maximum absolute atomic E-state index is 11.2. The second-order valence-corrected chi connectivity index (χ2v) is 4.98. The van der Waals surface area contributed by atoms with Gasteiger partial charge in [-0.05, 0) is 37.0 Å². The molecule has 0 aliphatic rings. The molecule has 5 heteroatoms. The lowest BCUT2D eigenvalue weighted by atomic mass is 10.1. The van der Waals surface area contributed by atoms with Crippen molar-refractivity contribution in [2.45, 2.75) is 33.6 Å². The summed E-state index contributed by atoms with van der Waals surface area (Å²) in [4.78, 5) is 11.2. The van der Waals surface area contributed by atoms with Crippen LogP contribution in [0, 0.1) is 13.8 Å². The van der Waals surface area contributed by atoms with Gasteiger partial charge in [0.25, 0.3) is 0 Å². The zero-order valence-electron chi connectivity index (χ0n) is 11.5. The number of carbonyl (C=O) groups is 1. The molecule has 0 amide bonds. The molecule has 0 fully saturated rings. The summed E-state index contributed by atoms with van der Waals surface area (Å²) in [7, 11) is 0. The number of carboxylic acid groups (broad SMARTS) is 1. The molecule has 0 unspecified atom stereocenters.